The van der Waals surface area contributed by atoms with Gasteiger partial charge in [0.05, 0.1) is 6.54 Å². The zero-order valence-corrected chi connectivity index (χ0v) is 14.9. The van der Waals surface area contributed by atoms with Crippen LogP contribution in [0.5, 0.6) is 5.75 Å². The number of halogens is 1. The van der Waals surface area contributed by atoms with E-state index in [1.807, 2.05) is 56.3 Å². The van der Waals surface area contributed by atoms with Crippen molar-refractivity contribution in [3.8, 4) is 5.75 Å². The number of rotatable bonds is 7. The second-order valence-corrected chi connectivity index (χ2v) is 6.21. The Bertz CT molecular complexity index is 705. The lowest BCUT2D eigenvalue weighted by Gasteiger charge is -2.29. The minimum absolute atomic E-state index is 0.0415. The van der Waals surface area contributed by atoms with Gasteiger partial charge in [0.25, 0.3) is 5.91 Å². The van der Waals surface area contributed by atoms with Crippen LogP contribution in [0.4, 0.5) is 0 Å². The summed E-state index contributed by atoms with van der Waals surface area (Å²) in [5, 5.41) is 3.48. The van der Waals surface area contributed by atoms with Crippen molar-refractivity contribution in [2.24, 2.45) is 0 Å². The third-order valence-corrected chi connectivity index (χ3v) is 4.20. The Morgan fingerprint density at radius 2 is 1.96 bits per heavy atom. The molecular formula is C19H22ClNO3. The molecule has 1 atom stereocenters. The molecule has 1 N–H and O–H groups in total. The molecule has 0 saturated carbocycles. The Hall–Kier alpha value is -2.04. The lowest BCUT2D eigenvalue weighted by Crippen LogP contribution is -2.41. The van der Waals surface area contributed by atoms with E-state index >= 15 is 0 Å². The highest BCUT2D eigenvalue weighted by atomic mass is 35.5. The number of hydrogen-bond donors (Lipinski definition) is 1. The predicted octanol–water partition coefficient (Wildman–Crippen LogP) is 3.71. The Kier molecular flexibility index (Phi) is 6.23. The SMILES string of the molecule is COC(C)(CNC(=O)COc1ccccc1C)c1cccc(Cl)c1. The Morgan fingerprint density at radius 1 is 1.21 bits per heavy atom. The molecule has 0 bridgehead atoms. The molecule has 2 aromatic carbocycles. The number of amides is 1. The van der Waals surface area contributed by atoms with Crippen LogP contribution in [0.3, 0.4) is 0 Å². The molecule has 0 aliphatic carbocycles. The minimum atomic E-state index is -0.663. The molecule has 1 unspecified atom stereocenters. The van der Waals surface area contributed by atoms with E-state index in [4.69, 9.17) is 21.1 Å². The average Bonchev–Trinajstić information content (AvgIpc) is 2.59. The van der Waals surface area contributed by atoms with E-state index < -0.39 is 5.60 Å². The first-order valence-corrected chi connectivity index (χ1v) is 8.09. The molecule has 1 amide bonds. The fourth-order valence-corrected chi connectivity index (χ4v) is 2.48. The molecule has 0 radical (unpaired) electrons. The molecule has 24 heavy (non-hydrogen) atoms. The Balaban J connectivity index is 1.93. The molecule has 0 spiro atoms. The van der Waals surface area contributed by atoms with Gasteiger partial charge in [-0.2, -0.15) is 0 Å². The highest BCUT2D eigenvalue weighted by Gasteiger charge is 2.27. The van der Waals surface area contributed by atoms with E-state index in [0.29, 0.717) is 17.3 Å². The van der Waals surface area contributed by atoms with Crippen molar-refractivity contribution in [1.82, 2.24) is 5.32 Å². The summed E-state index contributed by atoms with van der Waals surface area (Å²) >= 11 is 6.04. The summed E-state index contributed by atoms with van der Waals surface area (Å²) in [4.78, 5) is 12.1. The van der Waals surface area contributed by atoms with Crippen molar-refractivity contribution in [3.05, 3.63) is 64.7 Å². The van der Waals surface area contributed by atoms with Crippen LogP contribution in [0.1, 0.15) is 18.1 Å². The molecule has 0 saturated heterocycles. The maximum absolute atomic E-state index is 12.1. The number of nitrogens with one attached hydrogen (secondary N) is 1. The number of carbonyl (C=O) groups excluding carboxylic acids is 1. The van der Waals surface area contributed by atoms with E-state index in [9.17, 15) is 4.79 Å². The van der Waals surface area contributed by atoms with Gasteiger partial charge in [-0.3, -0.25) is 4.79 Å². The maximum atomic E-state index is 12.1. The van der Waals surface area contributed by atoms with E-state index in [0.717, 1.165) is 11.1 Å². The Morgan fingerprint density at radius 3 is 2.62 bits per heavy atom. The van der Waals surface area contributed by atoms with Crippen LogP contribution in [0.25, 0.3) is 0 Å². The third kappa shape index (κ3) is 4.73. The summed E-state index contributed by atoms with van der Waals surface area (Å²) in [6.45, 7) is 4.12. The van der Waals surface area contributed by atoms with Gasteiger partial charge in [-0.1, -0.05) is 41.9 Å². The molecule has 0 aromatic heterocycles. The number of methoxy groups -OCH3 is 1. The standard InChI is InChI=1S/C19H22ClNO3/c1-14-7-4-5-10-17(14)24-12-18(22)21-13-19(2,23-3)15-8-6-9-16(20)11-15/h4-11H,12-13H2,1-3H3,(H,21,22). The number of carbonyl (C=O) groups is 1. The second-order valence-electron chi connectivity index (χ2n) is 5.78. The number of ether oxygens (including phenoxy) is 2. The summed E-state index contributed by atoms with van der Waals surface area (Å²) < 4.78 is 11.1. The van der Waals surface area contributed by atoms with Gasteiger partial charge in [-0.25, -0.2) is 0 Å². The van der Waals surface area contributed by atoms with Crippen LogP contribution in [0.15, 0.2) is 48.5 Å². The quantitative estimate of drug-likeness (QED) is 0.830. The maximum Gasteiger partial charge on any atom is 0.258 e. The number of aryl methyl sites for hydroxylation is 1. The van der Waals surface area contributed by atoms with Crippen molar-refractivity contribution < 1.29 is 14.3 Å². The van der Waals surface area contributed by atoms with E-state index in [-0.39, 0.29) is 12.5 Å². The molecule has 5 heteroatoms. The molecule has 4 nitrogen and oxygen atoms in total. The summed E-state index contributed by atoms with van der Waals surface area (Å²) in [5.41, 5.74) is 1.23. The molecule has 0 heterocycles. The largest absolute Gasteiger partial charge is 0.484 e. The second kappa shape index (κ2) is 8.18. The van der Waals surface area contributed by atoms with Crippen LogP contribution >= 0.6 is 11.6 Å². The number of para-hydroxylation sites is 1. The van der Waals surface area contributed by atoms with Crippen molar-refractivity contribution >= 4 is 17.5 Å². The van der Waals surface area contributed by atoms with Crippen LogP contribution in [-0.4, -0.2) is 26.2 Å². The van der Waals surface area contributed by atoms with Crippen LogP contribution in [0, 0.1) is 6.92 Å². The molecule has 0 fully saturated rings. The van der Waals surface area contributed by atoms with Gasteiger partial charge < -0.3 is 14.8 Å². The molecule has 0 aliphatic heterocycles. The number of hydrogen-bond acceptors (Lipinski definition) is 3. The summed E-state index contributed by atoms with van der Waals surface area (Å²) in [6.07, 6.45) is 0. The summed E-state index contributed by atoms with van der Waals surface area (Å²) in [7, 11) is 1.61. The summed E-state index contributed by atoms with van der Waals surface area (Å²) in [5.74, 6) is 0.501. The van der Waals surface area contributed by atoms with E-state index in [2.05, 4.69) is 5.32 Å². The summed E-state index contributed by atoms with van der Waals surface area (Å²) in [6, 6.07) is 15.0. The molecule has 2 aromatic rings. The average molecular weight is 348 g/mol. The zero-order valence-electron chi connectivity index (χ0n) is 14.1. The third-order valence-electron chi connectivity index (χ3n) is 3.96. The lowest BCUT2D eigenvalue weighted by atomic mass is 9.95. The van der Waals surface area contributed by atoms with E-state index in [1.54, 1.807) is 13.2 Å². The van der Waals surface area contributed by atoms with Crippen LogP contribution in [-0.2, 0) is 15.1 Å². The first-order chi connectivity index (χ1) is 11.4. The molecular weight excluding hydrogens is 326 g/mol. The van der Waals surface area contributed by atoms with Crippen molar-refractivity contribution in [1.29, 1.82) is 0 Å². The zero-order chi connectivity index (χ0) is 17.6. The van der Waals surface area contributed by atoms with Crippen molar-refractivity contribution in [2.75, 3.05) is 20.3 Å². The van der Waals surface area contributed by atoms with Gasteiger partial charge in [0.15, 0.2) is 6.61 Å². The first kappa shape index (κ1) is 18.3. The van der Waals surface area contributed by atoms with Crippen molar-refractivity contribution in [2.45, 2.75) is 19.4 Å². The fraction of sp³-hybridized carbons (Fsp3) is 0.316. The topological polar surface area (TPSA) is 47.6 Å². The predicted molar refractivity (Wildman–Crippen MR) is 95.5 cm³/mol. The van der Waals surface area contributed by atoms with Crippen LogP contribution < -0.4 is 10.1 Å². The fourth-order valence-electron chi connectivity index (χ4n) is 2.29. The van der Waals surface area contributed by atoms with Gasteiger partial charge in [0, 0.05) is 12.1 Å². The Labute approximate surface area is 147 Å². The van der Waals surface area contributed by atoms with Gasteiger partial charge in [0.1, 0.15) is 11.4 Å². The van der Waals surface area contributed by atoms with Gasteiger partial charge >= 0.3 is 0 Å². The smallest absolute Gasteiger partial charge is 0.258 e. The van der Waals surface area contributed by atoms with E-state index in [1.165, 1.54) is 0 Å². The first-order valence-electron chi connectivity index (χ1n) is 7.71. The number of benzene rings is 2. The molecule has 2 rings (SSSR count). The van der Waals surface area contributed by atoms with Gasteiger partial charge in [-0.05, 0) is 43.2 Å². The monoisotopic (exact) mass is 347 g/mol. The highest BCUT2D eigenvalue weighted by Crippen LogP contribution is 2.26. The van der Waals surface area contributed by atoms with Crippen molar-refractivity contribution in [3.63, 3.8) is 0 Å². The van der Waals surface area contributed by atoms with Gasteiger partial charge in [0.2, 0.25) is 0 Å². The molecule has 0 aliphatic rings. The lowest BCUT2D eigenvalue weighted by molar-refractivity contribution is -0.124. The highest BCUT2D eigenvalue weighted by molar-refractivity contribution is 6.30. The van der Waals surface area contributed by atoms with Gasteiger partial charge in [-0.15, -0.1) is 0 Å². The molecule has 128 valence electrons. The minimum Gasteiger partial charge on any atom is -0.484 e. The van der Waals surface area contributed by atoms with Crippen LogP contribution in [0.2, 0.25) is 5.02 Å². The normalized spacial score (nSPS) is 13.2.